The Balaban J connectivity index is 2.44. The molecule has 0 saturated heterocycles. The highest BCUT2D eigenvalue weighted by molar-refractivity contribution is 6.36. The second kappa shape index (κ2) is 3.01. The number of benzene rings is 1. The maximum atomic E-state index is 10.6. The lowest BCUT2D eigenvalue weighted by Gasteiger charge is -2.11. The van der Waals surface area contributed by atoms with Gasteiger partial charge in [-0.15, -0.1) is 0 Å². The van der Waals surface area contributed by atoms with Crippen molar-refractivity contribution in [2.45, 2.75) is 12.8 Å². The summed E-state index contributed by atoms with van der Waals surface area (Å²) in [5.74, 6) is -0.908. The second-order valence-electron chi connectivity index (χ2n) is 2.99. The highest BCUT2D eigenvalue weighted by Gasteiger charge is 2.15. The first-order chi connectivity index (χ1) is 6.27. The van der Waals surface area contributed by atoms with Crippen molar-refractivity contribution in [2.24, 2.45) is 4.99 Å². The number of fused-ring (bicyclic) bond motifs is 1. The summed E-state index contributed by atoms with van der Waals surface area (Å²) in [6, 6.07) is 7.64. The summed E-state index contributed by atoms with van der Waals surface area (Å²) < 4.78 is 0. The van der Waals surface area contributed by atoms with Gasteiger partial charge in [0.1, 0.15) is 5.71 Å². The van der Waals surface area contributed by atoms with Gasteiger partial charge in [-0.05, 0) is 18.1 Å². The number of para-hydroxylation sites is 1. The molecule has 3 heteroatoms. The quantitative estimate of drug-likeness (QED) is 0.707. The topological polar surface area (TPSA) is 49.7 Å². The van der Waals surface area contributed by atoms with Crippen molar-refractivity contribution >= 4 is 17.4 Å². The van der Waals surface area contributed by atoms with E-state index in [2.05, 4.69) is 4.99 Å². The molecule has 0 bridgehead atoms. The Labute approximate surface area is 75.7 Å². The number of aryl methyl sites for hydroxylation is 1. The largest absolute Gasteiger partial charge is 0.477 e. The zero-order chi connectivity index (χ0) is 9.26. The van der Waals surface area contributed by atoms with Crippen LogP contribution in [0.1, 0.15) is 12.0 Å². The van der Waals surface area contributed by atoms with Gasteiger partial charge in [-0.3, -0.25) is 0 Å². The Kier molecular flexibility index (Phi) is 1.85. The molecular weight excluding hydrogens is 166 g/mol. The lowest BCUT2D eigenvalue weighted by molar-refractivity contribution is -0.129. The molecule has 13 heavy (non-hydrogen) atoms. The Morgan fingerprint density at radius 1 is 1.31 bits per heavy atom. The molecule has 0 aliphatic carbocycles. The summed E-state index contributed by atoms with van der Waals surface area (Å²) >= 11 is 0. The Morgan fingerprint density at radius 3 is 2.85 bits per heavy atom. The summed E-state index contributed by atoms with van der Waals surface area (Å²) in [6.07, 6.45) is 1.31. The maximum absolute atomic E-state index is 10.6. The summed E-state index contributed by atoms with van der Waals surface area (Å²) in [4.78, 5) is 14.7. The average molecular weight is 175 g/mol. The van der Waals surface area contributed by atoms with E-state index in [1.54, 1.807) is 0 Å². The van der Waals surface area contributed by atoms with E-state index in [1.807, 2.05) is 24.3 Å². The molecule has 0 aromatic heterocycles. The van der Waals surface area contributed by atoms with Crippen LogP contribution >= 0.6 is 0 Å². The minimum Gasteiger partial charge on any atom is -0.477 e. The highest BCUT2D eigenvalue weighted by atomic mass is 16.4. The van der Waals surface area contributed by atoms with Gasteiger partial charge in [-0.1, -0.05) is 18.2 Å². The van der Waals surface area contributed by atoms with Crippen LogP contribution in [0.15, 0.2) is 29.3 Å². The minimum absolute atomic E-state index is 0.263. The normalized spacial score (nSPS) is 14.6. The molecule has 3 nitrogen and oxygen atoms in total. The van der Waals surface area contributed by atoms with Gasteiger partial charge < -0.3 is 5.11 Å². The van der Waals surface area contributed by atoms with Crippen LogP contribution in [0.4, 0.5) is 5.69 Å². The Morgan fingerprint density at radius 2 is 2.08 bits per heavy atom. The van der Waals surface area contributed by atoms with Gasteiger partial charge >= 0.3 is 5.97 Å². The highest BCUT2D eigenvalue weighted by Crippen LogP contribution is 2.24. The predicted octanol–water partition coefficient (Wildman–Crippen LogP) is 1.79. The van der Waals surface area contributed by atoms with Crippen LogP contribution in [0.2, 0.25) is 0 Å². The number of carbonyl (C=O) groups is 1. The minimum atomic E-state index is -0.908. The van der Waals surface area contributed by atoms with Crippen LogP contribution in [0.25, 0.3) is 0 Å². The maximum Gasteiger partial charge on any atom is 0.350 e. The zero-order valence-corrected chi connectivity index (χ0v) is 7.03. The van der Waals surface area contributed by atoms with Crippen molar-refractivity contribution < 1.29 is 9.90 Å². The van der Waals surface area contributed by atoms with Gasteiger partial charge in [0.05, 0.1) is 5.69 Å². The van der Waals surface area contributed by atoms with Gasteiger partial charge in [0, 0.05) is 6.42 Å². The van der Waals surface area contributed by atoms with Gasteiger partial charge in [0.15, 0.2) is 0 Å². The number of hydrogen-bond donors (Lipinski definition) is 1. The van der Waals surface area contributed by atoms with Crippen LogP contribution in [-0.4, -0.2) is 16.8 Å². The van der Waals surface area contributed by atoms with Crippen LogP contribution in [-0.2, 0) is 11.2 Å². The smallest absolute Gasteiger partial charge is 0.350 e. The molecule has 1 aliphatic heterocycles. The summed E-state index contributed by atoms with van der Waals surface area (Å²) in [6.45, 7) is 0. The molecule has 1 aromatic carbocycles. The number of nitrogens with zero attached hydrogens (tertiary/aromatic N) is 1. The van der Waals surface area contributed by atoms with E-state index in [-0.39, 0.29) is 5.71 Å². The van der Waals surface area contributed by atoms with Gasteiger partial charge in [-0.25, -0.2) is 9.79 Å². The van der Waals surface area contributed by atoms with Gasteiger partial charge in [-0.2, -0.15) is 0 Å². The van der Waals surface area contributed by atoms with Crippen LogP contribution in [0.5, 0.6) is 0 Å². The van der Waals surface area contributed by atoms with Crippen LogP contribution in [0.3, 0.4) is 0 Å². The molecule has 0 spiro atoms. The molecule has 0 unspecified atom stereocenters. The van der Waals surface area contributed by atoms with E-state index in [4.69, 9.17) is 5.11 Å². The number of hydrogen-bond acceptors (Lipinski definition) is 2. The molecular formula is C10H9NO2. The lowest BCUT2D eigenvalue weighted by Crippen LogP contribution is -2.16. The standard InChI is InChI=1S/C10H9NO2/c12-10(13)9-6-5-7-3-1-2-4-8(7)11-9/h1-4H,5-6H2,(H,12,13). The fourth-order valence-corrected chi connectivity index (χ4v) is 1.44. The van der Waals surface area contributed by atoms with Crippen molar-refractivity contribution in [3.63, 3.8) is 0 Å². The third kappa shape index (κ3) is 1.45. The fraction of sp³-hybridized carbons (Fsp3) is 0.200. The molecule has 0 atom stereocenters. The molecule has 1 N–H and O–H groups in total. The molecule has 0 saturated carbocycles. The van der Waals surface area contributed by atoms with E-state index in [0.29, 0.717) is 6.42 Å². The zero-order valence-electron chi connectivity index (χ0n) is 7.03. The third-order valence-corrected chi connectivity index (χ3v) is 2.13. The first kappa shape index (κ1) is 7.98. The first-order valence-electron chi connectivity index (χ1n) is 4.16. The van der Waals surface area contributed by atoms with Crippen molar-refractivity contribution in [1.29, 1.82) is 0 Å². The summed E-state index contributed by atoms with van der Waals surface area (Å²) in [5.41, 5.74) is 2.19. The summed E-state index contributed by atoms with van der Waals surface area (Å²) in [7, 11) is 0. The molecule has 0 amide bonds. The molecule has 0 radical (unpaired) electrons. The Hall–Kier alpha value is -1.64. The van der Waals surface area contributed by atoms with Crippen molar-refractivity contribution in [1.82, 2.24) is 0 Å². The number of aliphatic imine (C=N–C) groups is 1. The average Bonchev–Trinajstić information content (AvgIpc) is 2.17. The second-order valence-corrected chi connectivity index (χ2v) is 2.99. The van der Waals surface area contributed by atoms with Crippen molar-refractivity contribution in [2.75, 3.05) is 0 Å². The lowest BCUT2D eigenvalue weighted by atomic mass is 10.0. The molecule has 2 rings (SSSR count). The van der Waals surface area contributed by atoms with Crippen molar-refractivity contribution in [3.05, 3.63) is 29.8 Å². The van der Waals surface area contributed by atoms with Gasteiger partial charge in [0.25, 0.3) is 0 Å². The van der Waals surface area contributed by atoms with Gasteiger partial charge in [0.2, 0.25) is 0 Å². The number of carboxylic acids is 1. The predicted molar refractivity (Wildman–Crippen MR) is 49.5 cm³/mol. The van der Waals surface area contributed by atoms with E-state index in [9.17, 15) is 4.79 Å². The molecule has 1 aliphatic rings. The van der Waals surface area contributed by atoms with E-state index < -0.39 is 5.97 Å². The number of rotatable bonds is 1. The monoisotopic (exact) mass is 175 g/mol. The number of carboxylic acid groups (broad SMARTS) is 1. The van der Waals surface area contributed by atoms with E-state index in [1.165, 1.54) is 0 Å². The number of aliphatic carboxylic acids is 1. The summed E-state index contributed by atoms with van der Waals surface area (Å²) in [5, 5.41) is 8.73. The van der Waals surface area contributed by atoms with E-state index >= 15 is 0 Å². The fourth-order valence-electron chi connectivity index (χ4n) is 1.44. The molecule has 1 aromatic rings. The first-order valence-corrected chi connectivity index (χ1v) is 4.16. The Bertz CT molecular complexity index is 382. The SMILES string of the molecule is O=C(O)C1=Nc2ccccc2CC1. The van der Waals surface area contributed by atoms with Crippen LogP contribution < -0.4 is 0 Å². The van der Waals surface area contributed by atoms with Crippen molar-refractivity contribution in [3.8, 4) is 0 Å². The molecule has 1 heterocycles. The van der Waals surface area contributed by atoms with E-state index in [0.717, 1.165) is 17.7 Å². The molecule has 0 fully saturated rings. The van der Waals surface area contributed by atoms with Crippen LogP contribution in [0, 0.1) is 0 Å². The third-order valence-electron chi connectivity index (χ3n) is 2.13. The molecule has 66 valence electrons.